The van der Waals surface area contributed by atoms with Crippen molar-refractivity contribution in [1.82, 2.24) is 20.2 Å². The molecule has 1 aliphatic carbocycles. The summed E-state index contributed by atoms with van der Waals surface area (Å²) < 4.78 is 42.6. The van der Waals surface area contributed by atoms with Gasteiger partial charge in [-0.25, -0.2) is 9.97 Å². The van der Waals surface area contributed by atoms with Crippen molar-refractivity contribution in [2.24, 2.45) is 0 Å². The maximum atomic E-state index is 14.2. The minimum Gasteiger partial charge on any atom is -0.389 e. The summed E-state index contributed by atoms with van der Waals surface area (Å²) in [5, 5.41) is 15.5. The summed E-state index contributed by atoms with van der Waals surface area (Å²) in [5.41, 5.74) is -2.09. The van der Waals surface area contributed by atoms with Gasteiger partial charge in [0, 0.05) is 36.9 Å². The predicted octanol–water partition coefficient (Wildman–Crippen LogP) is 5.48. The fourth-order valence-electron chi connectivity index (χ4n) is 5.03. The van der Waals surface area contributed by atoms with Crippen molar-refractivity contribution in [2.45, 2.75) is 96.0 Å². The summed E-state index contributed by atoms with van der Waals surface area (Å²) in [6.07, 6.45) is 3.78. The first-order valence-corrected chi connectivity index (χ1v) is 14.3. The molecule has 3 N–H and O–H groups in total. The number of hydrogen-bond acceptors (Lipinski definition) is 7. The molecule has 3 heterocycles. The second-order valence-electron chi connectivity index (χ2n) is 11.1. The first-order valence-electron chi connectivity index (χ1n) is 13.5. The van der Waals surface area contributed by atoms with Crippen LogP contribution >= 0.6 is 11.3 Å². The summed E-state index contributed by atoms with van der Waals surface area (Å²) in [5.74, 6) is -1.27. The lowest BCUT2D eigenvalue weighted by molar-refractivity contribution is -0.137. The zero-order chi connectivity index (χ0) is 28.4. The highest BCUT2D eigenvalue weighted by molar-refractivity contribution is 7.17. The summed E-state index contributed by atoms with van der Waals surface area (Å²) >= 11 is 0.846. The number of nitrogens with zero attached hydrogens (tertiary/aromatic N) is 3. The van der Waals surface area contributed by atoms with Gasteiger partial charge < -0.3 is 20.6 Å². The van der Waals surface area contributed by atoms with Gasteiger partial charge in [0.2, 0.25) is 0 Å². The molecule has 0 spiro atoms. The lowest BCUT2D eigenvalue weighted by Gasteiger charge is -2.33. The van der Waals surface area contributed by atoms with Crippen molar-refractivity contribution >= 4 is 29.0 Å². The number of aromatic nitrogens is 2. The molecule has 0 aromatic carbocycles. The van der Waals surface area contributed by atoms with Crippen LogP contribution in [0.2, 0.25) is 0 Å². The average Bonchev–Trinajstić information content (AvgIpc) is 3.33. The summed E-state index contributed by atoms with van der Waals surface area (Å²) in [6, 6.07) is 0.852. The molecular weight excluding hydrogens is 531 g/mol. The normalized spacial score (nSPS) is 19.2. The number of amides is 2. The fourth-order valence-corrected chi connectivity index (χ4v) is 5.98. The van der Waals surface area contributed by atoms with E-state index in [1.165, 1.54) is 20.0 Å². The van der Waals surface area contributed by atoms with E-state index in [0.717, 1.165) is 68.8 Å². The SMILES string of the molecule is C[C@H]1CCCCN1C(=O)c1nc(C(=O)NCC(C)(C)O)sc1-c1cnc(NC2CCCCC2)c(C(F)(F)F)c1. The zero-order valence-electron chi connectivity index (χ0n) is 22.5. The van der Waals surface area contributed by atoms with E-state index in [9.17, 15) is 27.9 Å². The molecule has 0 radical (unpaired) electrons. The number of halogens is 3. The number of piperidine rings is 1. The molecule has 8 nitrogen and oxygen atoms in total. The van der Waals surface area contributed by atoms with Gasteiger partial charge in [0.15, 0.2) is 5.01 Å². The Morgan fingerprint density at radius 2 is 1.82 bits per heavy atom. The number of thiazole rings is 1. The number of carbonyl (C=O) groups excluding carboxylic acids is 2. The molecule has 12 heteroatoms. The molecule has 0 unspecified atom stereocenters. The van der Waals surface area contributed by atoms with Gasteiger partial charge >= 0.3 is 6.18 Å². The van der Waals surface area contributed by atoms with Crippen LogP contribution in [0.15, 0.2) is 12.3 Å². The number of carbonyl (C=O) groups is 2. The van der Waals surface area contributed by atoms with Gasteiger partial charge in [0.1, 0.15) is 11.5 Å². The van der Waals surface area contributed by atoms with Crippen LogP contribution in [0, 0.1) is 0 Å². The smallest absolute Gasteiger partial charge is 0.389 e. The van der Waals surface area contributed by atoms with Crippen LogP contribution in [0.25, 0.3) is 10.4 Å². The summed E-state index contributed by atoms with van der Waals surface area (Å²) in [7, 11) is 0. The third-order valence-corrected chi connectivity index (χ3v) is 8.27. The average molecular weight is 568 g/mol. The number of likely N-dealkylation sites (tertiary alicyclic amines) is 1. The number of anilines is 1. The highest BCUT2D eigenvalue weighted by atomic mass is 32.1. The lowest BCUT2D eigenvalue weighted by atomic mass is 9.95. The number of nitrogens with one attached hydrogen (secondary N) is 2. The molecule has 1 aliphatic heterocycles. The molecule has 1 atom stereocenters. The highest BCUT2D eigenvalue weighted by Crippen LogP contribution is 2.40. The molecule has 2 amide bonds. The van der Waals surface area contributed by atoms with Crippen molar-refractivity contribution in [3.8, 4) is 10.4 Å². The van der Waals surface area contributed by atoms with Crippen molar-refractivity contribution in [3.63, 3.8) is 0 Å². The standard InChI is InChI=1S/C27H36F3N5O3S/c1-16-9-7-8-12-35(16)25(37)20-21(39-24(34-20)23(36)32-15-26(2,3)38)17-13-19(27(28,29)30)22(31-14-17)33-18-10-5-4-6-11-18/h13-14,16,18,38H,4-12,15H2,1-3H3,(H,31,33)(H,32,36)/t16-/m0/s1. The van der Waals surface area contributed by atoms with Gasteiger partial charge in [-0.15, -0.1) is 11.3 Å². The van der Waals surface area contributed by atoms with Crippen LogP contribution in [0.3, 0.4) is 0 Å². The monoisotopic (exact) mass is 567 g/mol. The van der Waals surface area contributed by atoms with Crippen LogP contribution in [-0.2, 0) is 6.18 Å². The van der Waals surface area contributed by atoms with Gasteiger partial charge in [-0.05, 0) is 58.9 Å². The first kappa shape index (κ1) is 29.3. The molecule has 1 saturated heterocycles. The molecule has 214 valence electrons. The summed E-state index contributed by atoms with van der Waals surface area (Å²) in [4.78, 5) is 36.8. The number of rotatable bonds is 7. The third kappa shape index (κ3) is 7.27. The molecule has 4 rings (SSSR count). The van der Waals surface area contributed by atoms with Crippen LogP contribution in [0.1, 0.15) is 98.0 Å². The number of aliphatic hydroxyl groups is 1. The topological polar surface area (TPSA) is 107 Å². The molecule has 2 aromatic rings. The van der Waals surface area contributed by atoms with E-state index in [1.807, 2.05) is 6.92 Å². The number of alkyl halides is 3. The largest absolute Gasteiger partial charge is 0.419 e. The molecule has 0 bridgehead atoms. The van der Waals surface area contributed by atoms with Gasteiger partial charge in [-0.1, -0.05) is 19.3 Å². The van der Waals surface area contributed by atoms with E-state index in [4.69, 9.17) is 0 Å². The van der Waals surface area contributed by atoms with Crippen LogP contribution < -0.4 is 10.6 Å². The van der Waals surface area contributed by atoms with E-state index in [-0.39, 0.29) is 45.6 Å². The van der Waals surface area contributed by atoms with Crippen LogP contribution in [-0.4, -0.2) is 62.6 Å². The Balaban J connectivity index is 1.74. The quantitative estimate of drug-likeness (QED) is 0.409. The van der Waals surface area contributed by atoms with Gasteiger partial charge in [-0.2, -0.15) is 13.2 Å². The van der Waals surface area contributed by atoms with E-state index in [2.05, 4.69) is 20.6 Å². The number of pyridine rings is 1. The third-order valence-electron chi connectivity index (χ3n) is 7.17. The fraction of sp³-hybridized carbons (Fsp3) is 0.630. The van der Waals surface area contributed by atoms with E-state index >= 15 is 0 Å². The van der Waals surface area contributed by atoms with E-state index < -0.39 is 29.2 Å². The number of hydrogen-bond donors (Lipinski definition) is 3. The maximum Gasteiger partial charge on any atom is 0.419 e. The predicted molar refractivity (Wildman–Crippen MR) is 144 cm³/mol. The van der Waals surface area contributed by atoms with E-state index in [1.54, 1.807) is 4.90 Å². The van der Waals surface area contributed by atoms with Crippen LogP contribution in [0.5, 0.6) is 0 Å². The minimum atomic E-state index is -4.68. The second-order valence-corrected chi connectivity index (χ2v) is 12.1. The van der Waals surface area contributed by atoms with Crippen molar-refractivity contribution in [1.29, 1.82) is 0 Å². The highest BCUT2D eigenvalue weighted by Gasteiger charge is 2.37. The Bertz CT molecular complexity index is 1190. The van der Waals surface area contributed by atoms with Crippen molar-refractivity contribution in [2.75, 3.05) is 18.4 Å². The molecule has 2 fully saturated rings. The molecule has 1 saturated carbocycles. The zero-order valence-corrected chi connectivity index (χ0v) is 23.3. The lowest BCUT2D eigenvalue weighted by Crippen LogP contribution is -2.42. The Morgan fingerprint density at radius 1 is 1.13 bits per heavy atom. The van der Waals surface area contributed by atoms with Gasteiger partial charge in [-0.3, -0.25) is 9.59 Å². The second kappa shape index (κ2) is 11.8. The van der Waals surface area contributed by atoms with Gasteiger partial charge in [0.05, 0.1) is 16.0 Å². The molecular formula is C27H36F3N5O3S. The maximum absolute atomic E-state index is 14.2. The van der Waals surface area contributed by atoms with E-state index in [0.29, 0.717) is 6.54 Å². The Kier molecular flexibility index (Phi) is 8.85. The molecule has 2 aromatic heterocycles. The van der Waals surface area contributed by atoms with Gasteiger partial charge in [0.25, 0.3) is 11.8 Å². The first-order chi connectivity index (χ1) is 18.3. The Hall–Kier alpha value is -2.73. The Labute approximate surface area is 230 Å². The molecule has 39 heavy (non-hydrogen) atoms. The van der Waals surface area contributed by atoms with Crippen LogP contribution in [0.4, 0.5) is 19.0 Å². The minimum absolute atomic E-state index is 0.0563. The summed E-state index contributed by atoms with van der Waals surface area (Å²) in [6.45, 7) is 5.43. The van der Waals surface area contributed by atoms with Crippen molar-refractivity contribution in [3.05, 3.63) is 28.5 Å². The Morgan fingerprint density at radius 3 is 2.46 bits per heavy atom. The molecule has 2 aliphatic rings. The van der Waals surface area contributed by atoms with Crippen molar-refractivity contribution < 1.29 is 27.9 Å².